The van der Waals surface area contributed by atoms with Gasteiger partial charge in [-0.1, -0.05) is 0 Å². The molecule has 0 bridgehead atoms. The zero-order valence-electron chi connectivity index (χ0n) is 18.4. The lowest BCUT2D eigenvalue weighted by Gasteiger charge is -2.37. The van der Waals surface area contributed by atoms with Crippen LogP contribution >= 0.6 is 0 Å². The van der Waals surface area contributed by atoms with Gasteiger partial charge in [0.15, 0.2) is 11.5 Å². The van der Waals surface area contributed by atoms with Gasteiger partial charge in [-0.05, 0) is 25.1 Å². The minimum atomic E-state index is -2.85. The molecule has 0 spiro atoms. The topological polar surface area (TPSA) is 118 Å². The first-order valence-corrected chi connectivity index (χ1v) is 10.7. The second-order valence-electron chi connectivity index (χ2n) is 8.16. The van der Waals surface area contributed by atoms with Crippen LogP contribution in [0.25, 0.3) is 27.8 Å². The number of hydrogen-bond acceptors (Lipinski definition) is 7. The van der Waals surface area contributed by atoms with Crippen molar-refractivity contribution in [3.8, 4) is 11.4 Å². The van der Waals surface area contributed by atoms with Crippen molar-refractivity contribution in [2.45, 2.75) is 25.6 Å². The van der Waals surface area contributed by atoms with Crippen LogP contribution in [-0.2, 0) is 4.74 Å². The van der Waals surface area contributed by atoms with Gasteiger partial charge in [-0.3, -0.25) is 10.3 Å². The fraction of sp³-hybridized carbons (Fsp3) is 0.318. The number of hydrogen-bond donors (Lipinski definition) is 2. The van der Waals surface area contributed by atoms with Crippen LogP contribution in [0.15, 0.2) is 36.8 Å². The number of amides is 1. The summed E-state index contributed by atoms with van der Waals surface area (Å²) in [5.74, 6) is 0.178. The predicted molar refractivity (Wildman–Crippen MR) is 121 cm³/mol. The Balaban J connectivity index is 1.58. The molecule has 4 aromatic rings. The van der Waals surface area contributed by atoms with Crippen LogP contribution in [0.2, 0.25) is 0 Å². The number of fused-ring (bicyclic) bond motifs is 2. The third-order valence-electron chi connectivity index (χ3n) is 5.66. The molecule has 1 fully saturated rings. The van der Waals surface area contributed by atoms with Crippen molar-refractivity contribution in [1.29, 1.82) is 0 Å². The Bertz CT molecular complexity index is 1410. The highest BCUT2D eigenvalue weighted by Crippen LogP contribution is 2.33. The molecule has 13 heteroatoms. The van der Waals surface area contributed by atoms with Crippen LogP contribution in [0.5, 0.6) is 0 Å². The maximum Gasteiger partial charge on any atom is 0.410 e. The molecule has 2 N–H and O–H groups in total. The van der Waals surface area contributed by atoms with E-state index in [9.17, 15) is 18.0 Å². The molecule has 35 heavy (non-hydrogen) atoms. The van der Waals surface area contributed by atoms with Gasteiger partial charge >= 0.3 is 6.09 Å². The minimum Gasteiger partial charge on any atom is -0.465 e. The standard InChI is InChI=1S/C22H20F3N7O3/c1-11-8-31(10-13(5-23)35-11)12-2-3-18-29-21(30-32(18)9-12)16-7-27-19(20(24)25)15-6-26-17(4-14(15)16)28-22(33)34/h2-4,6-7,9,11,13,20H,5,8,10H2,1H3,(H,26,28)(H,33,34)/t11-,13+/m1/s1. The van der Waals surface area contributed by atoms with Crippen molar-refractivity contribution in [1.82, 2.24) is 24.6 Å². The highest BCUT2D eigenvalue weighted by Gasteiger charge is 2.26. The van der Waals surface area contributed by atoms with E-state index in [1.807, 2.05) is 17.9 Å². The van der Waals surface area contributed by atoms with Gasteiger partial charge < -0.3 is 14.7 Å². The zero-order chi connectivity index (χ0) is 24.7. The lowest BCUT2D eigenvalue weighted by molar-refractivity contribution is -0.0269. The van der Waals surface area contributed by atoms with Crippen LogP contribution < -0.4 is 10.2 Å². The third kappa shape index (κ3) is 4.41. The summed E-state index contributed by atoms with van der Waals surface area (Å²) in [4.78, 5) is 25.3. The number of pyridine rings is 3. The molecule has 1 saturated heterocycles. The van der Waals surface area contributed by atoms with E-state index in [1.54, 1.807) is 16.8 Å². The summed E-state index contributed by atoms with van der Waals surface area (Å²) in [5.41, 5.74) is 1.16. The summed E-state index contributed by atoms with van der Waals surface area (Å²) in [6.45, 7) is 2.27. The fourth-order valence-electron chi connectivity index (χ4n) is 4.20. The quantitative estimate of drug-likeness (QED) is 0.435. The Labute approximate surface area is 196 Å². The number of morpholine rings is 1. The minimum absolute atomic E-state index is 0.0347. The molecule has 1 amide bonds. The molecule has 0 unspecified atom stereocenters. The van der Waals surface area contributed by atoms with Crippen LogP contribution in [0.1, 0.15) is 19.0 Å². The van der Waals surface area contributed by atoms with Crippen LogP contribution in [0.3, 0.4) is 0 Å². The molecule has 182 valence electrons. The molecule has 1 aliphatic heterocycles. The summed E-state index contributed by atoms with van der Waals surface area (Å²) in [6.07, 6.45) is -0.721. The molecule has 4 aromatic heterocycles. The van der Waals surface area contributed by atoms with E-state index in [4.69, 9.17) is 9.84 Å². The fourth-order valence-corrected chi connectivity index (χ4v) is 4.20. The smallest absolute Gasteiger partial charge is 0.410 e. The average Bonchev–Trinajstić information content (AvgIpc) is 3.25. The van der Waals surface area contributed by atoms with Crippen molar-refractivity contribution < 1.29 is 27.8 Å². The van der Waals surface area contributed by atoms with Crippen LogP contribution in [-0.4, -0.2) is 67.7 Å². The Morgan fingerprint density at radius 3 is 2.83 bits per heavy atom. The molecule has 0 aromatic carbocycles. The first-order valence-electron chi connectivity index (χ1n) is 10.7. The highest BCUT2D eigenvalue weighted by atomic mass is 19.3. The van der Waals surface area contributed by atoms with Crippen molar-refractivity contribution in [2.75, 3.05) is 30.0 Å². The van der Waals surface area contributed by atoms with Crippen molar-refractivity contribution >= 4 is 34.0 Å². The second-order valence-corrected chi connectivity index (χ2v) is 8.16. The van der Waals surface area contributed by atoms with Gasteiger partial charge in [0.2, 0.25) is 0 Å². The summed E-state index contributed by atoms with van der Waals surface area (Å²) in [6, 6.07) is 4.93. The molecule has 5 rings (SSSR count). The number of nitrogens with zero attached hydrogens (tertiary/aromatic N) is 6. The molecule has 10 nitrogen and oxygen atoms in total. The first kappa shape index (κ1) is 22.8. The van der Waals surface area contributed by atoms with Crippen molar-refractivity contribution in [2.24, 2.45) is 0 Å². The van der Waals surface area contributed by atoms with Crippen LogP contribution in [0.4, 0.5) is 29.5 Å². The average molecular weight is 487 g/mol. The van der Waals surface area contributed by atoms with Gasteiger partial charge in [0.25, 0.3) is 6.43 Å². The number of ether oxygens (including phenoxy) is 1. The number of halogens is 3. The lowest BCUT2D eigenvalue weighted by atomic mass is 10.1. The largest absolute Gasteiger partial charge is 0.465 e. The molecule has 5 heterocycles. The molecule has 2 atom stereocenters. The number of alkyl halides is 3. The van der Waals surface area contributed by atoms with Gasteiger partial charge in [0.05, 0.1) is 18.0 Å². The van der Waals surface area contributed by atoms with E-state index in [-0.39, 0.29) is 28.5 Å². The van der Waals surface area contributed by atoms with E-state index < -0.39 is 31.0 Å². The Morgan fingerprint density at radius 2 is 2.09 bits per heavy atom. The molecule has 0 saturated carbocycles. The highest BCUT2D eigenvalue weighted by molar-refractivity contribution is 5.98. The number of aromatic nitrogens is 5. The van der Waals surface area contributed by atoms with Gasteiger partial charge in [-0.2, -0.15) is 0 Å². The van der Waals surface area contributed by atoms with Gasteiger partial charge in [-0.25, -0.2) is 32.4 Å². The molecule has 0 aliphatic carbocycles. The lowest BCUT2D eigenvalue weighted by Crippen LogP contribution is -2.47. The number of anilines is 2. The van der Waals surface area contributed by atoms with E-state index in [1.165, 1.54) is 12.3 Å². The molecular formula is C22H20F3N7O3. The third-order valence-corrected chi connectivity index (χ3v) is 5.66. The number of carbonyl (C=O) groups is 1. The van der Waals surface area contributed by atoms with Gasteiger partial charge in [-0.15, -0.1) is 5.10 Å². The monoisotopic (exact) mass is 487 g/mol. The summed E-state index contributed by atoms with van der Waals surface area (Å²) >= 11 is 0. The normalized spacial score (nSPS) is 18.5. The van der Waals surface area contributed by atoms with Crippen LogP contribution in [0, 0.1) is 0 Å². The van der Waals surface area contributed by atoms with E-state index in [0.29, 0.717) is 24.3 Å². The maximum atomic E-state index is 13.5. The van der Waals surface area contributed by atoms with E-state index in [0.717, 1.165) is 11.9 Å². The van der Waals surface area contributed by atoms with E-state index >= 15 is 0 Å². The number of nitrogens with one attached hydrogen (secondary N) is 1. The SMILES string of the molecule is C[C@@H]1CN(c2ccc3nc(-c4cnc(C(F)F)c5cnc(NC(=O)O)cc45)nn3c2)C[C@H](CF)O1. The molecule has 0 radical (unpaired) electrons. The van der Waals surface area contributed by atoms with Gasteiger partial charge in [0.1, 0.15) is 24.3 Å². The Morgan fingerprint density at radius 1 is 1.26 bits per heavy atom. The Hall–Kier alpha value is -4.00. The predicted octanol–water partition coefficient (Wildman–Crippen LogP) is 3.93. The zero-order valence-corrected chi connectivity index (χ0v) is 18.4. The van der Waals surface area contributed by atoms with E-state index in [2.05, 4.69) is 25.4 Å². The van der Waals surface area contributed by atoms with Crippen molar-refractivity contribution in [3.63, 3.8) is 0 Å². The summed E-state index contributed by atoms with van der Waals surface area (Å²) in [5, 5.41) is 16.0. The first-order chi connectivity index (χ1) is 16.8. The number of carboxylic acid groups (broad SMARTS) is 1. The molecular weight excluding hydrogens is 467 g/mol. The Kier molecular flexibility index (Phi) is 5.84. The molecule has 1 aliphatic rings. The van der Waals surface area contributed by atoms with Crippen molar-refractivity contribution in [3.05, 3.63) is 42.5 Å². The second kappa shape index (κ2) is 8.98. The summed E-state index contributed by atoms with van der Waals surface area (Å²) < 4.78 is 47.4. The maximum absolute atomic E-state index is 13.5. The number of rotatable bonds is 5. The summed E-state index contributed by atoms with van der Waals surface area (Å²) in [7, 11) is 0. The van der Waals surface area contributed by atoms with Gasteiger partial charge in [0, 0.05) is 41.8 Å².